The first-order valence-corrected chi connectivity index (χ1v) is 11.1. The molecule has 2 aromatic carbocycles. The predicted molar refractivity (Wildman–Crippen MR) is 121 cm³/mol. The lowest BCUT2D eigenvalue weighted by Crippen LogP contribution is -3.10. The second-order valence-corrected chi connectivity index (χ2v) is 9.20. The van der Waals surface area contributed by atoms with E-state index in [0.29, 0.717) is 4.77 Å². The van der Waals surface area contributed by atoms with Gasteiger partial charge in [-0.3, -0.25) is 9.36 Å². The summed E-state index contributed by atoms with van der Waals surface area (Å²) in [7, 11) is 0. The van der Waals surface area contributed by atoms with Crippen LogP contribution in [0.15, 0.2) is 59.4 Å². The van der Waals surface area contributed by atoms with Crippen molar-refractivity contribution in [3.63, 3.8) is 0 Å². The van der Waals surface area contributed by atoms with Crippen LogP contribution in [0.4, 0.5) is 0 Å². The molecule has 2 aromatic heterocycles. The molecule has 0 spiro atoms. The van der Waals surface area contributed by atoms with E-state index in [0.717, 1.165) is 47.5 Å². The number of nitrogens with one attached hydrogen (secondary N) is 2. The van der Waals surface area contributed by atoms with Crippen molar-refractivity contribution in [2.24, 2.45) is 0 Å². The Labute approximate surface area is 178 Å². The van der Waals surface area contributed by atoms with Crippen LogP contribution in [0.2, 0.25) is 0 Å². The van der Waals surface area contributed by atoms with Crippen LogP contribution in [-0.2, 0) is 19.5 Å². The fraction of sp³-hybridized carbons (Fsp3) is 0.217. The van der Waals surface area contributed by atoms with Gasteiger partial charge in [-0.05, 0) is 42.4 Å². The Morgan fingerprint density at radius 2 is 2.00 bits per heavy atom. The van der Waals surface area contributed by atoms with Gasteiger partial charge in [-0.25, -0.2) is 0 Å². The fourth-order valence-electron chi connectivity index (χ4n) is 4.24. The highest BCUT2D eigenvalue weighted by molar-refractivity contribution is 7.71. The average Bonchev–Trinajstić information content (AvgIpc) is 3.06. The molecular weight excluding hydrogens is 398 g/mol. The van der Waals surface area contributed by atoms with Gasteiger partial charge in [0.25, 0.3) is 5.56 Å². The van der Waals surface area contributed by atoms with Crippen molar-refractivity contribution in [1.29, 1.82) is 0 Å². The first-order valence-electron chi connectivity index (χ1n) is 9.84. The maximum Gasteiger partial charge on any atom is 0.267 e. The van der Waals surface area contributed by atoms with Crippen LogP contribution < -0.4 is 10.5 Å². The van der Waals surface area contributed by atoms with Crippen LogP contribution in [0.3, 0.4) is 0 Å². The van der Waals surface area contributed by atoms with Gasteiger partial charge >= 0.3 is 0 Å². The van der Waals surface area contributed by atoms with Crippen LogP contribution in [0.5, 0.6) is 0 Å². The number of aromatic amines is 1. The number of aryl methyl sites for hydroxylation is 1. The van der Waals surface area contributed by atoms with Crippen molar-refractivity contribution in [2.75, 3.05) is 6.54 Å². The van der Waals surface area contributed by atoms with Gasteiger partial charge in [-0.1, -0.05) is 42.5 Å². The number of fused-ring (bicyclic) bond motifs is 3. The van der Waals surface area contributed by atoms with Gasteiger partial charge in [0.05, 0.1) is 22.5 Å². The number of benzene rings is 2. The van der Waals surface area contributed by atoms with Crippen LogP contribution >= 0.6 is 23.6 Å². The monoisotopic (exact) mass is 420 g/mol. The van der Waals surface area contributed by atoms with Crippen LogP contribution in [0.1, 0.15) is 21.6 Å². The van der Waals surface area contributed by atoms with E-state index in [1.165, 1.54) is 20.9 Å². The summed E-state index contributed by atoms with van der Waals surface area (Å²) in [6, 6.07) is 18.5. The van der Waals surface area contributed by atoms with Gasteiger partial charge in [0.15, 0.2) is 4.77 Å². The fourth-order valence-corrected chi connectivity index (χ4v) is 5.91. The molecule has 6 heteroatoms. The van der Waals surface area contributed by atoms with Crippen molar-refractivity contribution in [3.05, 3.63) is 91.3 Å². The topological polar surface area (TPSA) is 42.2 Å². The van der Waals surface area contributed by atoms with E-state index in [9.17, 15) is 4.79 Å². The SMILES string of the molecule is Cc1cccc(-n2c(=S)[nH]c3sc4c(c3c2=O)CC[NH+](Cc2ccccc2)C4)c1. The van der Waals surface area contributed by atoms with Crippen molar-refractivity contribution >= 4 is 33.8 Å². The van der Waals surface area contributed by atoms with E-state index in [1.807, 2.05) is 31.2 Å². The van der Waals surface area contributed by atoms with E-state index in [2.05, 4.69) is 35.3 Å². The maximum absolute atomic E-state index is 13.4. The molecule has 3 heterocycles. The summed E-state index contributed by atoms with van der Waals surface area (Å²) in [4.78, 5) is 20.5. The highest BCUT2D eigenvalue weighted by Gasteiger charge is 2.26. The molecule has 29 heavy (non-hydrogen) atoms. The molecule has 0 amide bonds. The smallest absolute Gasteiger partial charge is 0.267 e. The largest absolute Gasteiger partial charge is 0.326 e. The molecule has 1 unspecified atom stereocenters. The molecule has 2 N–H and O–H groups in total. The summed E-state index contributed by atoms with van der Waals surface area (Å²) in [5.41, 5.74) is 4.49. The second kappa shape index (κ2) is 7.37. The highest BCUT2D eigenvalue weighted by Crippen LogP contribution is 2.29. The number of H-pyrrole nitrogens is 1. The van der Waals surface area contributed by atoms with E-state index >= 15 is 0 Å². The lowest BCUT2D eigenvalue weighted by molar-refractivity contribution is -0.929. The van der Waals surface area contributed by atoms with Crippen molar-refractivity contribution in [3.8, 4) is 5.69 Å². The van der Waals surface area contributed by atoms with E-state index < -0.39 is 0 Å². The average molecular weight is 421 g/mol. The molecule has 1 atom stereocenters. The van der Waals surface area contributed by atoms with E-state index in [4.69, 9.17) is 12.2 Å². The Kier molecular flexibility index (Phi) is 4.70. The summed E-state index contributed by atoms with van der Waals surface area (Å²) in [5, 5.41) is 0.818. The number of aromatic nitrogens is 2. The Morgan fingerprint density at radius 1 is 1.17 bits per heavy atom. The molecule has 1 aliphatic heterocycles. The first-order chi connectivity index (χ1) is 14.1. The van der Waals surface area contributed by atoms with Gasteiger partial charge in [0, 0.05) is 12.0 Å². The molecule has 0 saturated heterocycles. The van der Waals surface area contributed by atoms with Crippen molar-refractivity contribution in [1.82, 2.24) is 9.55 Å². The molecular formula is C23H22N3OS2+. The molecule has 0 bridgehead atoms. The maximum atomic E-state index is 13.4. The Balaban J connectivity index is 1.57. The van der Waals surface area contributed by atoms with Crippen LogP contribution in [0, 0.1) is 11.7 Å². The van der Waals surface area contributed by atoms with E-state index in [-0.39, 0.29) is 5.56 Å². The van der Waals surface area contributed by atoms with Gasteiger partial charge < -0.3 is 9.88 Å². The van der Waals surface area contributed by atoms with Gasteiger partial charge in [-0.15, -0.1) is 11.3 Å². The zero-order valence-corrected chi connectivity index (χ0v) is 17.8. The number of quaternary nitrogens is 1. The standard InChI is InChI=1S/C23H21N3OS2/c1-15-6-5-9-17(12-15)26-22(27)20-18-10-11-25(13-16-7-3-2-4-8-16)14-19(18)29-21(20)24-23(26)28/h2-9,12H,10-11,13-14H2,1H3,(H,24,28)/p+1. The predicted octanol–water partition coefficient (Wildman–Crippen LogP) is 3.56. The molecule has 4 nitrogen and oxygen atoms in total. The van der Waals surface area contributed by atoms with E-state index in [1.54, 1.807) is 15.9 Å². The highest BCUT2D eigenvalue weighted by atomic mass is 32.1. The number of hydrogen-bond acceptors (Lipinski definition) is 3. The quantitative estimate of drug-likeness (QED) is 0.498. The lowest BCUT2D eigenvalue weighted by Gasteiger charge is -2.23. The Hall–Kier alpha value is -2.54. The third-order valence-corrected chi connectivity index (χ3v) is 7.06. The molecule has 0 fully saturated rings. The van der Waals surface area contributed by atoms with Gasteiger partial charge in [0.1, 0.15) is 17.9 Å². The zero-order valence-electron chi connectivity index (χ0n) is 16.2. The zero-order chi connectivity index (χ0) is 20.0. The van der Waals surface area contributed by atoms with Gasteiger partial charge in [0.2, 0.25) is 0 Å². The summed E-state index contributed by atoms with van der Waals surface area (Å²) in [5.74, 6) is 0. The Bertz CT molecular complexity index is 1320. The van der Waals surface area contributed by atoms with Crippen molar-refractivity contribution in [2.45, 2.75) is 26.4 Å². The van der Waals surface area contributed by atoms with Crippen molar-refractivity contribution < 1.29 is 4.90 Å². The summed E-state index contributed by atoms with van der Waals surface area (Å²) < 4.78 is 2.10. The minimum atomic E-state index is -0.00152. The van der Waals surface area contributed by atoms with Crippen LogP contribution in [-0.4, -0.2) is 16.1 Å². The number of rotatable bonds is 3. The molecule has 0 radical (unpaired) electrons. The molecule has 0 aliphatic carbocycles. The lowest BCUT2D eigenvalue weighted by atomic mass is 10.0. The molecule has 1 aliphatic rings. The Morgan fingerprint density at radius 3 is 2.79 bits per heavy atom. The summed E-state index contributed by atoms with van der Waals surface area (Å²) in [6.45, 7) is 5.02. The van der Waals surface area contributed by atoms with Crippen LogP contribution in [0.25, 0.3) is 15.9 Å². The third-order valence-electron chi connectivity index (χ3n) is 5.63. The number of hydrogen-bond donors (Lipinski definition) is 2. The normalized spacial score (nSPS) is 16.1. The number of nitrogens with zero attached hydrogens (tertiary/aromatic N) is 1. The molecule has 0 saturated carbocycles. The molecule has 146 valence electrons. The summed E-state index contributed by atoms with van der Waals surface area (Å²) >= 11 is 7.24. The van der Waals surface area contributed by atoms with Gasteiger partial charge in [-0.2, -0.15) is 0 Å². The second-order valence-electron chi connectivity index (χ2n) is 7.71. The summed E-state index contributed by atoms with van der Waals surface area (Å²) in [6.07, 6.45) is 0.922. The molecule has 5 rings (SSSR count). The minimum absolute atomic E-state index is 0.00152. The molecule has 4 aromatic rings. The third kappa shape index (κ3) is 3.37. The number of thiophene rings is 1. The minimum Gasteiger partial charge on any atom is -0.326 e. The first kappa shape index (κ1) is 18.5.